The Morgan fingerprint density at radius 3 is 2.29 bits per heavy atom. The fraction of sp³-hybridized carbons (Fsp3) is 0.875. The summed E-state index contributed by atoms with van der Waals surface area (Å²) >= 11 is 0. The van der Waals surface area contributed by atoms with Crippen molar-refractivity contribution in [2.24, 2.45) is 11.8 Å². The molecule has 1 unspecified atom stereocenters. The fourth-order valence-corrected chi connectivity index (χ4v) is 3.39. The van der Waals surface area contributed by atoms with Crippen LogP contribution in [0.5, 0.6) is 0 Å². The number of hydrogen-bond acceptors (Lipinski definition) is 2. The van der Waals surface area contributed by atoms with Gasteiger partial charge in [0.05, 0.1) is 0 Å². The quantitative estimate of drug-likeness (QED) is 0.871. The highest BCUT2D eigenvalue weighted by atomic mass is 16.4. The van der Waals surface area contributed by atoms with E-state index in [2.05, 4.69) is 6.92 Å². The summed E-state index contributed by atoms with van der Waals surface area (Å²) < 4.78 is 0. The molecule has 0 saturated carbocycles. The Labute approximate surface area is 127 Å². The van der Waals surface area contributed by atoms with E-state index in [1.807, 2.05) is 9.80 Å². The number of amides is 2. The Morgan fingerprint density at radius 1 is 1.00 bits per heavy atom. The minimum atomic E-state index is -0.716. The number of nitrogens with zero attached hydrogens (tertiary/aromatic N) is 2. The lowest BCUT2D eigenvalue weighted by molar-refractivity contribution is -0.137. The molecule has 120 valence electrons. The topological polar surface area (TPSA) is 60.9 Å². The van der Waals surface area contributed by atoms with Crippen LogP contribution in [-0.2, 0) is 4.79 Å². The molecular weight excluding hydrogens is 268 g/mol. The van der Waals surface area contributed by atoms with Gasteiger partial charge >= 0.3 is 12.0 Å². The largest absolute Gasteiger partial charge is 0.481 e. The molecule has 0 aromatic heterocycles. The van der Waals surface area contributed by atoms with Gasteiger partial charge in [0, 0.05) is 32.6 Å². The second-order valence-electron chi connectivity index (χ2n) is 6.67. The van der Waals surface area contributed by atoms with Crippen molar-refractivity contribution in [2.45, 2.75) is 51.9 Å². The SMILES string of the molecule is CC1CCCN(C(=O)N2CCC(CCC(=O)O)CC2)CC1. The second-order valence-corrected chi connectivity index (χ2v) is 6.67. The number of carboxylic acid groups (broad SMARTS) is 1. The van der Waals surface area contributed by atoms with E-state index in [1.54, 1.807) is 0 Å². The van der Waals surface area contributed by atoms with Crippen LogP contribution in [0, 0.1) is 11.8 Å². The van der Waals surface area contributed by atoms with Crippen LogP contribution in [0.3, 0.4) is 0 Å². The molecule has 2 aliphatic heterocycles. The van der Waals surface area contributed by atoms with Crippen molar-refractivity contribution in [2.75, 3.05) is 26.2 Å². The summed E-state index contributed by atoms with van der Waals surface area (Å²) in [4.78, 5) is 27.1. The van der Waals surface area contributed by atoms with E-state index in [0.717, 1.165) is 64.2 Å². The lowest BCUT2D eigenvalue weighted by Gasteiger charge is -2.35. The molecule has 2 heterocycles. The van der Waals surface area contributed by atoms with Crippen molar-refractivity contribution < 1.29 is 14.7 Å². The minimum absolute atomic E-state index is 0.195. The molecule has 0 bridgehead atoms. The standard InChI is InChI=1S/C16H28N2O3/c1-13-3-2-9-17(10-6-13)16(21)18-11-7-14(8-12-18)4-5-15(19)20/h13-14H,2-12H2,1H3,(H,19,20). The van der Waals surface area contributed by atoms with Gasteiger partial charge < -0.3 is 14.9 Å². The van der Waals surface area contributed by atoms with Gasteiger partial charge in [-0.15, -0.1) is 0 Å². The zero-order chi connectivity index (χ0) is 15.2. The number of aliphatic carboxylic acids is 1. The first-order valence-corrected chi connectivity index (χ1v) is 8.32. The second kappa shape index (κ2) is 7.66. The molecular formula is C16H28N2O3. The smallest absolute Gasteiger partial charge is 0.319 e. The van der Waals surface area contributed by atoms with Gasteiger partial charge in [-0.3, -0.25) is 4.79 Å². The Balaban J connectivity index is 1.76. The van der Waals surface area contributed by atoms with Crippen molar-refractivity contribution in [3.63, 3.8) is 0 Å². The number of carbonyl (C=O) groups is 2. The highest BCUT2D eigenvalue weighted by molar-refractivity contribution is 5.74. The Bertz CT molecular complexity index is 365. The molecule has 1 atom stereocenters. The van der Waals surface area contributed by atoms with Crippen LogP contribution in [0.25, 0.3) is 0 Å². The van der Waals surface area contributed by atoms with Crippen LogP contribution in [0.4, 0.5) is 4.79 Å². The van der Waals surface area contributed by atoms with E-state index in [1.165, 1.54) is 6.42 Å². The average molecular weight is 296 g/mol. The maximum absolute atomic E-state index is 12.5. The molecule has 5 heteroatoms. The third-order valence-electron chi connectivity index (χ3n) is 4.94. The number of hydrogen-bond donors (Lipinski definition) is 1. The molecule has 2 saturated heterocycles. The molecule has 2 rings (SSSR count). The van der Waals surface area contributed by atoms with Crippen molar-refractivity contribution in [3.05, 3.63) is 0 Å². The van der Waals surface area contributed by atoms with Crippen molar-refractivity contribution in [1.82, 2.24) is 9.80 Å². The van der Waals surface area contributed by atoms with E-state index in [4.69, 9.17) is 5.11 Å². The van der Waals surface area contributed by atoms with Gasteiger partial charge in [-0.1, -0.05) is 6.92 Å². The normalized spacial score (nSPS) is 24.7. The summed E-state index contributed by atoms with van der Waals surface area (Å²) in [6.45, 7) is 5.62. The molecule has 0 aromatic carbocycles. The monoisotopic (exact) mass is 296 g/mol. The van der Waals surface area contributed by atoms with Crippen molar-refractivity contribution in [1.29, 1.82) is 0 Å². The number of carbonyl (C=O) groups excluding carboxylic acids is 1. The Hall–Kier alpha value is -1.26. The number of carboxylic acids is 1. The summed E-state index contributed by atoms with van der Waals surface area (Å²) in [6.07, 6.45) is 6.34. The van der Waals surface area contributed by atoms with Gasteiger partial charge in [0.2, 0.25) is 0 Å². The summed E-state index contributed by atoms with van der Waals surface area (Å²) in [5, 5.41) is 8.73. The highest BCUT2D eigenvalue weighted by Gasteiger charge is 2.27. The third kappa shape index (κ3) is 4.90. The Morgan fingerprint density at radius 2 is 1.62 bits per heavy atom. The zero-order valence-corrected chi connectivity index (χ0v) is 13.1. The van der Waals surface area contributed by atoms with Crippen LogP contribution in [-0.4, -0.2) is 53.1 Å². The average Bonchev–Trinajstić information content (AvgIpc) is 2.69. The van der Waals surface area contributed by atoms with E-state index < -0.39 is 5.97 Å². The van der Waals surface area contributed by atoms with Crippen LogP contribution in [0.2, 0.25) is 0 Å². The van der Waals surface area contributed by atoms with Crippen molar-refractivity contribution >= 4 is 12.0 Å². The fourth-order valence-electron chi connectivity index (χ4n) is 3.39. The first kappa shape index (κ1) is 16.1. The van der Waals surface area contributed by atoms with Gasteiger partial charge in [0.15, 0.2) is 0 Å². The molecule has 2 fully saturated rings. The van der Waals surface area contributed by atoms with E-state index in [-0.39, 0.29) is 12.5 Å². The molecule has 0 spiro atoms. The summed E-state index contributed by atoms with van der Waals surface area (Å²) in [6, 6.07) is 0.195. The van der Waals surface area contributed by atoms with E-state index >= 15 is 0 Å². The summed E-state index contributed by atoms with van der Waals surface area (Å²) in [7, 11) is 0. The Kier molecular flexibility index (Phi) is 5.88. The lowest BCUT2D eigenvalue weighted by Crippen LogP contribution is -2.47. The molecule has 1 N–H and O–H groups in total. The van der Waals surface area contributed by atoms with Crippen LogP contribution in [0.1, 0.15) is 51.9 Å². The molecule has 0 aromatic rings. The predicted molar refractivity (Wildman–Crippen MR) is 81.2 cm³/mol. The van der Waals surface area contributed by atoms with E-state index in [0.29, 0.717) is 5.92 Å². The molecule has 0 radical (unpaired) electrons. The van der Waals surface area contributed by atoms with Gasteiger partial charge in [-0.25, -0.2) is 4.79 Å². The zero-order valence-electron chi connectivity index (χ0n) is 13.1. The minimum Gasteiger partial charge on any atom is -0.481 e. The summed E-state index contributed by atoms with van der Waals surface area (Å²) in [5.41, 5.74) is 0. The number of likely N-dealkylation sites (tertiary alicyclic amines) is 2. The maximum Gasteiger partial charge on any atom is 0.319 e. The highest BCUT2D eigenvalue weighted by Crippen LogP contribution is 2.24. The predicted octanol–water partition coefficient (Wildman–Crippen LogP) is 2.81. The van der Waals surface area contributed by atoms with Crippen molar-refractivity contribution in [3.8, 4) is 0 Å². The van der Waals surface area contributed by atoms with Gasteiger partial charge in [-0.05, 0) is 50.4 Å². The van der Waals surface area contributed by atoms with E-state index in [9.17, 15) is 9.59 Å². The van der Waals surface area contributed by atoms with Gasteiger partial charge in [-0.2, -0.15) is 0 Å². The molecule has 2 amide bonds. The van der Waals surface area contributed by atoms with Crippen LogP contribution >= 0.6 is 0 Å². The number of piperidine rings is 1. The molecule has 0 aliphatic carbocycles. The van der Waals surface area contributed by atoms with Crippen LogP contribution in [0.15, 0.2) is 0 Å². The molecule has 21 heavy (non-hydrogen) atoms. The van der Waals surface area contributed by atoms with Gasteiger partial charge in [0.1, 0.15) is 0 Å². The first-order chi connectivity index (χ1) is 10.1. The number of rotatable bonds is 3. The van der Waals surface area contributed by atoms with Crippen LogP contribution < -0.4 is 0 Å². The maximum atomic E-state index is 12.5. The third-order valence-corrected chi connectivity index (χ3v) is 4.94. The summed E-state index contributed by atoms with van der Waals surface area (Å²) in [5.74, 6) is 0.478. The lowest BCUT2D eigenvalue weighted by atomic mass is 9.92. The van der Waals surface area contributed by atoms with Gasteiger partial charge in [0.25, 0.3) is 0 Å². The number of urea groups is 1. The molecule has 2 aliphatic rings. The first-order valence-electron chi connectivity index (χ1n) is 8.32. The molecule has 5 nitrogen and oxygen atoms in total.